The second kappa shape index (κ2) is 5.37. The van der Waals surface area contributed by atoms with E-state index in [2.05, 4.69) is 54.0 Å². The summed E-state index contributed by atoms with van der Waals surface area (Å²) in [6, 6.07) is 16.3. The van der Waals surface area contributed by atoms with E-state index in [1.807, 2.05) is 24.3 Å². The van der Waals surface area contributed by atoms with Crippen molar-refractivity contribution in [3.05, 3.63) is 64.1 Å². The van der Waals surface area contributed by atoms with Crippen LogP contribution in [-0.2, 0) is 0 Å². The van der Waals surface area contributed by atoms with Crippen molar-refractivity contribution >= 4 is 15.9 Å². The van der Waals surface area contributed by atoms with Gasteiger partial charge >= 0.3 is 0 Å². The zero-order chi connectivity index (χ0) is 12.3. The Morgan fingerprint density at radius 3 is 2.41 bits per heavy atom. The third-order valence-corrected chi connectivity index (χ3v) is 3.28. The van der Waals surface area contributed by atoms with Crippen molar-refractivity contribution in [3.63, 3.8) is 0 Å². The second-order valence-corrected chi connectivity index (χ2v) is 4.96. The molecule has 1 unspecified atom stereocenters. The molecule has 0 saturated heterocycles. The molecule has 0 aliphatic rings. The summed E-state index contributed by atoms with van der Waals surface area (Å²) in [5.41, 5.74) is 2.40. The molecule has 2 rings (SSSR count). The summed E-state index contributed by atoms with van der Waals surface area (Å²) in [5.74, 6) is 0.881. The second-order valence-electron chi connectivity index (χ2n) is 4.10. The van der Waals surface area contributed by atoms with Gasteiger partial charge in [-0.15, -0.1) is 0 Å². The molecule has 0 aliphatic heterocycles. The standard InChI is InChI=1S/C15H15BrO/c1-11-8-9-15(14(16)10-11)17-12(2)13-6-4-3-5-7-13/h3-10,12H,1-2H3. The quantitative estimate of drug-likeness (QED) is 0.781. The minimum atomic E-state index is 0.0511. The molecule has 1 atom stereocenters. The monoisotopic (exact) mass is 290 g/mol. The van der Waals surface area contributed by atoms with E-state index in [1.54, 1.807) is 0 Å². The zero-order valence-corrected chi connectivity index (χ0v) is 11.6. The Bertz CT molecular complexity index is 494. The Morgan fingerprint density at radius 2 is 1.76 bits per heavy atom. The van der Waals surface area contributed by atoms with Gasteiger partial charge in [0, 0.05) is 0 Å². The van der Waals surface area contributed by atoms with Gasteiger partial charge in [0.25, 0.3) is 0 Å². The Hall–Kier alpha value is -1.28. The molecule has 2 heteroatoms. The van der Waals surface area contributed by atoms with Gasteiger partial charge in [-0.25, -0.2) is 0 Å². The minimum absolute atomic E-state index is 0.0511. The molecule has 0 aliphatic carbocycles. The lowest BCUT2D eigenvalue weighted by Crippen LogP contribution is -2.03. The number of hydrogen-bond acceptors (Lipinski definition) is 1. The Morgan fingerprint density at radius 1 is 1.06 bits per heavy atom. The van der Waals surface area contributed by atoms with Crippen LogP contribution in [-0.4, -0.2) is 0 Å². The normalized spacial score (nSPS) is 12.2. The molecule has 2 aromatic carbocycles. The molecule has 0 N–H and O–H groups in total. The predicted molar refractivity (Wildman–Crippen MR) is 74.4 cm³/mol. The maximum Gasteiger partial charge on any atom is 0.134 e. The number of hydrogen-bond donors (Lipinski definition) is 0. The highest BCUT2D eigenvalue weighted by Crippen LogP contribution is 2.29. The molecular weight excluding hydrogens is 276 g/mol. The van der Waals surface area contributed by atoms with Gasteiger partial charge in [0.1, 0.15) is 11.9 Å². The van der Waals surface area contributed by atoms with E-state index >= 15 is 0 Å². The fourth-order valence-electron chi connectivity index (χ4n) is 1.68. The third-order valence-electron chi connectivity index (χ3n) is 2.66. The number of rotatable bonds is 3. The van der Waals surface area contributed by atoms with Gasteiger partial charge in [-0.05, 0) is 53.0 Å². The summed E-state index contributed by atoms with van der Waals surface area (Å²) >= 11 is 3.52. The van der Waals surface area contributed by atoms with E-state index in [9.17, 15) is 0 Å². The van der Waals surface area contributed by atoms with Crippen molar-refractivity contribution in [1.29, 1.82) is 0 Å². The van der Waals surface area contributed by atoms with Crippen LogP contribution in [0, 0.1) is 6.92 Å². The summed E-state index contributed by atoms with van der Waals surface area (Å²) in [5, 5.41) is 0. The van der Waals surface area contributed by atoms with E-state index in [4.69, 9.17) is 4.74 Å². The number of ether oxygens (including phenoxy) is 1. The van der Waals surface area contributed by atoms with Crippen LogP contribution in [0.25, 0.3) is 0 Å². The lowest BCUT2D eigenvalue weighted by Gasteiger charge is -2.16. The molecule has 0 amide bonds. The highest BCUT2D eigenvalue weighted by Gasteiger charge is 2.08. The summed E-state index contributed by atoms with van der Waals surface area (Å²) < 4.78 is 6.94. The molecule has 0 bridgehead atoms. The average Bonchev–Trinajstić information content (AvgIpc) is 2.34. The SMILES string of the molecule is Cc1ccc(OC(C)c2ccccc2)c(Br)c1. The first-order valence-corrected chi connectivity index (χ1v) is 6.44. The molecule has 88 valence electrons. The van der Waals surface area contributed by atoms with Crippen LogP contribution < -0.4 is 4.74 Å². The Labute approximate surface area is 111 Å². The maximum atomic E-state index is 5.94. The van der Waals surface area contributed by atoms with Gasteiger partial charge in [0.05, 0.1) is 4.47 Å². The summed E-state index contributed by atoms with van der Waals surface area (Å²) in [7, 11) is 0. The molecule has 0 aromatic heterocycles. The van der Waals surface area contributed by atoms with Crippen molar-refractivity contribution in [2.24, 2.45) is 0 Å². The van der Waals surface area contributed by atoms with Gasteiger partial charge in [0.2, 0.25) is 0 Å². The predicted octanol–water partition coefficient (Wildman–Crippen LogP) is 4.90. The topological polar surface area (TPSA) is 9.23 Å². The number of benzene rings is 2. The molecule has 0 saturated carbocycles. The van der Waals surface area contributed by atoms with Crippen molar-refractivity contribution in [2.75, 3.05) is 0 Å². The molecule has 0 fully saturated rings. The molecular formula is C15H15BrO. The lowest BCUT2D eigenvalue weighted by molar-refractivity contribution is 0.225. The fourth-order valence-corrected chi connectivity index (χ4v) is 2.27. The van der Waals surface area contributed by atoms with E-state index in [0.29, 0.717) is 0 Å². The van der Waals surface area contributed by atoms with Crippen LogP contribution in [0.15, 0.2) is 53.0 Å². The number of halogens is 1. The minimum Gasteiger partial charge on any atom is -0.485 e. The van der Waals surface area contributed by atoms with E-state index in [-0.39, 0.29) is 6.10 Å². The van der Waals surface area contributed by atoms with E-state index < -0.39 is 0 Å². The molecule has 1 nitrogen and oxygen atoms in total. The van der Waals surface area contributed by atoms with Crippen LogP contribution in [0.1, 0.15) is 24.2 Å². The summed E-state index contributed by atoms with van der Waals surface area (Å²) in [4.78, 5) is 0. The highest BCUT2D eigenvalue weighted by atomic mass is 79.9. The first-order valence-electron chi connectivity index (χ1n) is 5.64. The molecule has 0 heterocycles. The van der Waals surface area contributed by atoms with Gasteiger partial charge in [-0.1, -0.05) is 36.4 Å². The average molecular weight is 291 g/mol. The molecule has 2 aromatic rings. The summed E-state index contributed by atoms with van der Waals surface area (Å²) in [6.45, 7) is 4.12. The zero-order valence-electron chi connectivity index (χ0n) is 9.98. The largest absolute Gasteiger partial charge is 0.485 e. The van der Waals surface area contributed by atoms with Crippen molar-refractivity contribution in [2.45, 2.75) is 20.0 Å². The maximum absolute atomic E-state index is 5.94. The smallest absolute Gasteiger partial charge is 0.134 e. The van der Waals surface area contributed by atoms with Gasteiger partial charge in [-0.3, -0.25) is 0 Å². The Balaban J connectivity index is 2.16. The van der Waals surface area contributed by atoms with E-state index in [1.165, 1.54) is 11.1 Å². The molecule has 0 spiro atoms. The lowest BCUT2D eigenvalue weighted by atomic mass is 10.1. The van der Waals surface area contributed by atoms with Crippen molar-refractivity contribution in [1.82, 2.24) is 0 Å². The van der Waals surface area contributed by atoms with Crippen molar-refractivity contribution < 1.29 is 4.74 Å². The van der Waals surface area contributed by atoms with E-state index in [0.717, 1.165) is 10.2 Å². The van der Waals surface area contributed by atoms with Crippen LogP contribution in [0.4, 0.5) is 0 Å². The molecule has 17 heavy (non-hydrogen) atoms. The van der Waals surface area contributed by atoms with Gasteiger partial charge in [0.15, 0.2) is 0 Å². The fraction of sp³-hybridized carbons (Fsp3) is 0.200. The first kappa shape index (κ1) is 12.2. The van der Waals surface area contributed by atoms with Crippen molar-refractivity contribution in [3.8, 4) is 5.75 Å². The first-order chi connectivity index (χ1) is 8.16. The van der Waals surface area contributed by atoms with Gasteiger partial charge < -0.3 is 4.74 Å². The van der Waals surface area contributed by atoms with Crippen LogP contribution in [0.3, 0.4) is 0 Å². The molecule has 0 radical (unpaired) electrons. The Kier molecular flexibility index (Phi) is 3.85. The highest BCUT2D eigenvalue weighted by molar-refractivity contribution is 9.10. The van der Waals surface area contributed by atoms with Crippen LogP contribution in [0.5, 0.6) is 5.75 Å². The van der Waals surface area contributed by atoms with Crippen LogP contribution in [0.2, 0.25) is 0 Å². The summed E-state index contributed by atoms with van der Waals surface area (Å²) in [6.07, 6.45) is 0.0511. The van der Waals surface area contributed by atoms with Gasteiger partial charge in [-0.2, -0.15) is 0 Å². The van der Waals surface area contributed by atoms with Crippen LogP contribution >= 0.6 is 15.9 Å². The third kappa shape index (κ3) is 3.10. The number of aryl methyl sites for hydroxylation is 1.